The van der Waals surface area contributed by atoms with Crippen LogP contribution in [0.5, 0.6) is 11.5 Å². The number of nitrogens with one attached hydrogen (secondary N) is 8. The first-order valence-electron chi connectivity index (χ1n) is 50.0. The van der Waals surface area contributed by atoms with E-state index in [2.05, 4.69) is 47.2 Å². The van der Waals surface area contributed by atoms with Crippen molar-refractivity contribution in [1.29, 1.82) is 0 Å². The Labute approximate surface area is 836 Å². The van der Waals surface area contributed by atoms with Gasteiger partial charge in [0.2, 0.25) is 35.4 Å². The Bertz CT molecular complexity index is 4160. The van der Waals surface area contributed by atoms with Gasteiger partial charge in [0.25, 0.3) is 0 Å². The quantitative estimate of drug-likeness (QED) is 0.0220. The SMILES string of the molecule is CC(C)[C@H](NC(=O)CN)C(=O)O[C@@H](Cc1cnc[nH]1)C(=O)CC[C@@H](CCCCNC(=O)COCCOCCNC(=O)COCCOCCCC(=O)CC[C@H](NC(=O)CCCCCCCCCOc1ccc(C(=O)O)cc1)C(=O)O)C(=O)CN[C@@H](CCCCNC(=O)COCCOCCCC(=O)COCCOCCNC(=O)CC[C@H](CC(=O)CCCCCCCCCOc1ccc(C(=O)O)cc1)C(=O)O)C(=O)CO. The topological polar surface area (TPSA) is 632 Å². The summed E-state index contributed by atoms with van der Waals surface area (Å²) in [5.74, 6) is -10.7. The number of aliphatic hydroxyl groups is 1. The van der Waals surface area contributed by atoms with Crippen LogP contribution in [-0.2, 0) is 121 Å². The Morgan fingerprint density at radius 3 is 1.33 bits per heavy atom. The number of carboxylic acids is 4. The van der Waals surface area contributed by atoms with Crippen molar-refractivity contribution >= 4 is 100.0 Å². The number of ether oxygens (including phenoxy) is 11. The molecular formula is C100H156N10O33. The van der Waals surface area contributed by atoms with Crippen molar-refractivity contribution in [3.63, 3.8) is 0 Å². The number of aliphatic hydroxyl groups excluding tert-OH is 1. The number of benzene rings is 2. The van der Waals surface area contributed by atoms with Crippen LogP contribution in [0, 0.1) is 17.8 Å². The molecule has 6 amide bonds. The fourth-order valence-electron chi connectivity index (χ4n) is 14.4. The summed E-state index contributed by atoms with van der Waals surface area (Å²) in [4.78, 5) is 220. The molecular weight excluding hydrogens is 1870 g/mol. The summed E-state index contributed by atoms with van der Waals surface area (Å²) < 4.78 is 60.8. The van der Waals surface area contributed by atoms with Crippen LogP contribution in [0.1, 0.15) is 252 Å². The van der Waals surface area contributed by atoms with Crippen molar-refractivity contribution in [2.75, 3.05) is 165 Å². The van der Waals surface area contributed by atoms with Crippen molar-refractivity contribution in [2.24, 2.45) is 23.5 Å². The largest absolute Gasteiger partial charge is 0.494 e. The van der Waals surface area contributed by atoms with Crippen LogP contribution in [0.4, 0.5) is 0 Å². The Hall–Kier alpha value is -11.0. The number of unbranched alkanes of at least 4 members (excludes halogenated alkanes) is 14. The van der Waals surface area contributed by atoms with E-state index in [-0.39, 0.29) is 274 Å². The van der Waals surface area contributed by atoms with Gasteiger partial charge in [-0.05, 0) is 144 Å². The van der Waals surface area contributed by atoms with Crippen molar-refractivity contribution < 1.29 is 159 Å². The fourth-order valence-corrected chi connectivity index (χ4v) is 14.4. The predicted molar refractivity (Wildman–Crippen MR) is 520 cm³/mol. The van der Waals surface area contributed by atoms with Gasteiger partial charge >= 0.3 is 29.8 Å². The number of hydrogen-bond donors (Lipinski definition) is 14. The van der Waals surface area contributed by atoms with Gasteiger partial charge in [0.15, 0.2) is 23.5 Å². The number of aliphatic carboxylic acids is 2. The zero-order chi connectivity index (χ0) is 105. The fraction of sp³-hybridized carbons (Fsp3) is 0.680. The number of esters is 1. The third-order valence-corrected chi connectivity index (χ3v) is 22.7. The number of nitrogens with two attached hydrogens (primary N) is 1. The maximum atomic E-state index is 14.2. The second-order valence-corrected chi connectivity index (χ2v) is 34.9. The van der Waals surface area contributed by atoms with E-state index < -0.39 is 120 Å². The lowest BCUT2D eigenvalue weighted by Gasteiger charge is -2.24. The number of Topliss-reactive ketones (excluding diaryl/α,β-unsaturated/α-hetero) is 6. The molecule has 0 fully saturated rings. The molecule has 0 bridgehead atoms. The molecule has 0 radical (unpaired) electrons. The van der Waals surface area contributed by atoms with Gasteiger partial charge in [-0.15, -0.1) is 0 Å². The van der Waals surface area contributed by atoms with Gasteiger partial charge in [0.05, 0.1) is 122 Å². The summed E-state index contributed by atoms with van der Waals surface area (Å²) in [5.41, 5.74) is 6.36. The van der Waals surface area contributed by atoms with E-state index in [1.807, 2.05) is 0 Å². The molecule has 0 saturated heterocycles. The molecule has 3 aromatic rings. The van der Waals surface area contributed by atoms with E-state index >= 15 is 0 Å². The number of aromatic nitrogens is 2. The Kier molecular flexibility index (Phi) is 71.7. The van der Waals surface area contributed by atoms with Crippen LogP contribution in [0.25, 0.3) is 0 Å². The average Bonchev–Trinajstić information content (AvgIpc) is 1.84. The molecule has 143 heavy (non-hydrogen) atoms. The zero-order valence-corrected chi connectivity index (χ0v) is 83.2. The first-order valence-corrected chi connectivity index (χ1v) is 50.0. The van der Waals surface area contributed by atoms with E-state index in [9.17, 15) is 96.8 Å². The lowest BCUT2D eigenvalue weighted by molar-refractivity contribution is -0.159. The normalized spacial score (nSPS) is 12.5. The highest BCUT2D eigenvalue weighted by Gasteiger charge is 2.33. The first-order chi connectivity index (χ1) is 69.0. The lowest BCUT2D eigenvalue weighted by Crippen LogP contribution is -2.49. The van der Waals surface area contributed by atoms with E-state index in [4.69, 9.17) is 68.1 Å². The number of imidazole rings is 1. The minimum absolute atomic E-state index is 0.00465. The highest BCUT2D eigenvalue weighted by atomic mass is 16.6. The molecule has 0 saturated carbocycles. The monoisotopic (exact) mass is 2030 g/mol. The number of carbonyl (C=O) groups is 17. The van der Waals surface area contributed by atoms with E-state index in [1.165, 1.54) is 36.8 Å². The average molecular weight is 2030 g/mol. The van der Waals surface area contributed by atoms with Crippen LogP contribution in [0.15, 0.2) is 61.1 Å². The van der Waals surface area contributed by atoms with Gasteiger partial charge in [-0.1, -0.05) is 84.5 Å². The molecule has 0 aliphatic heterocycles. The number of carboxylic acid groups (broad SMARTS) is 4. The molecule has 0 aliphatic rings. The zero-order valence-electron chi connectivity index (χ0n) is 83.2. The van der Waals surface area contributed by atoms with Gasteiger partial charge in [-0.3, -0.25) is 62.3 Å². The smallest absolute Gasteiger partial charge is 0.335 e. The molecule has 6 atom stereocenters. The molecule has 804 valence electrons. The van der Waals surface area contributed by atoms with E-state index in [1.54, 1.807) is 38.1 Å². The number of aromatic carboxylic acids is 2. The van der Waals surface area contributed by atoms with E-state index in [0.717, 1.165) is 77.0 Å². The van der Waals surface area contributed by atoms with Crippen LogP contribution < -0.4 is 52.4 Å². The molecule has 1 heterocycles. The number of nitrogens with zero attached hydrogens (tertiary/aromatic N) is 1. The second-order valence-electron chi connectivity index (χ2n) is 34.9. The molecule has 0 aliphatic carbocycles. The maximum Gasteiger partial charge on any atom is 0.335 e. The third kappa shape index (κ3) is 65.8. The summed E-state index contributed by atoms with van der Waals surface area (Å²) in [6.07, 6.45) is 17.0. The van der Waals surface area contributed by atoms with Crippen LogP contribution in [0.2, 0.25) is 0 Å². The minimum Gasteiger partial charge on any atom is -0.494 e. The van der Waals surface area contributed by atoms with Crippen LogP contribution in [0.3, 0.4) is 0 Å². The highest BCUT2D eigenvalue weighted by Crippen LogP contribution is 2.23. The van der Waals surface area contributed by atoms with Gasteiger partial charge in [-0.2, -0.15) is 0 Å². The molecule has 3 rings (SSSR count). The van der Waals surface area contributed by atoms with Crippen LogP contribution >= 0.6 is 0 Å². The minimum atomic E-state index is -1.35. The number of H-pyrrole nitrogens is 1. The van der Waals surface area contributed by atoms with Gasteiger partial charge in [0, 0.05) is 115 Å². The van der Waals surface area contributed by atoms with Gasteiger partial charge < -0.3 is 126 Å². The number of ketones is 6. The van der Waals surface area contributed by atoms with Gasteiger partial charge in [0.1, 0.15) is 74.0 Å². The van der Waals surface area contributed by atoms with Crippen molar-refractivity contribution in [1.82, 2.24) is 47.2 Å². The van der Waals surface area contributed by atoms with Gasteiger partial charge in [-0.25, -0.2) is 24.2 Å². The molecule has 43 heteroatoms. The second kappa shape index (κ2) is 81.3. The number of aromatic amines is 1. The van der Waals surface area contributed by atoms with E-state index in [0.29, 0.717) is 81.8 Å². The number of rotatable bonds is 96. The third-order valence-electron chi connectivity index (χ3n) is 22.7. The maximum absolute atomic E-state index is 14.2. The molecule has 0 spiro atoms. The summed E-state index contributed by atoms with van der Waals surface area (Å²) in [7, 11) is 0. The molecule has 15 N–H and O–H groups in total. The molecule has 43 nitrogen and oxygen atoms in total. The molecule has 1 aromatic heterocycles. The molecule has 0 unspecified atom stereocenters. The summed E-state index contributed by atoms with van der Waals surface area (Å²) in [6.45, 7) is 4.44. The summed E-state index contributed by atoms with van der Waals surface area (Å²) in [5, 5.41) is 66.2. The Balaban J connectivity index is 1.26. The Morgan fingerprint density at radius 1 is 0.378 bits per heavy atom. The predicted octanol–water partition coefficient (Wildman–Crippen LogP) is 6.24. The number of amides is 6. The standard InChI is InChI=1S/C100H156N10O33/c1-72(2)95(110-91(120)63-101)100(132)143-88(62-77-64-102-71-108-77)85(115)41-33-73(23-15-17-43-103-92(121)69-140-60-56-136-52-46-106-94(123)70-139-59-53-133-47-21-25-78(112)35-40-84(99(130)131)109-90(119)28-14-10-6-4-8-12-20-50-142-82-38-31-75(32-39-82)97(126)127)86(116)65-107-83(87(117)66-111)27-16-18-44-104-93(122)68-138-58-54-134-48-22-26-80(114)67-137-57-55-135-51-45-105-89(118)42-34-76(98(128)129)61-79(113)24-13-9-5-3-7-11-19-49-141-81-36-29-74(30-37-81)96(124)125/h29-32,36-39,64,71-73,76,83-84,88,95,107,111H,3-28,33-35,40-63,65-70,101H2,1-2H3,(H,102,108)(H,103,121)(H,104,122)(H,105,118)(H,106,123)(H,109,119)(H,110,120)(H,124,125)(H,126,127)(H,128,129)(H,130,131)/t73-,76-,83+,84+,88+,95+/m1/s1. The van der Waals surface area contributed by atoms with Crippen molar-refractivity contribution in [3.05, 3.63) is 77.9 Å². The van der Waals surface area contributed by atoms with Crippen molar-refractivity contribution in [3.8, 4) is 11.5 Å². The number of carbonyl (C=O) groups excluding carboxylic acids is 13. The number of hydrogen-bond acceptors (Lipinski definition) is 32. The first kappa shape index (κ1) is 126. The van der Waals surface area contributed by atoms with Crippen molar-refractivity contribution in [2.45, 2.75) is 256 Å². The summed E-state index contributed by atoms with van der Waals surface area (Å²) >= 11 is 0. The molecule has 2 aromatic carbocycles. The highest BCUT2D eigenvalue weighted by molar-refractivity contribution is 5.92. The summed E-state index contributed by atoms with van der Waals surface area (Å²) in [6, 6.07) is 9.24. The van der Waals surface area contributed by atoms with Crippen LogP contribution in [-0.4, -0.2) is 325 Å². The lowest BCUT2D eigenvalue weighted by atomic mass is 9.90. The Morgan fingerprint density at radius 2 is 0.839 bits per heavy atom.